The van der Waals surface area contributed by atoms with Crippen LogP contribution in [0.1, 0.15) is 39.7 Å². The molecule has 0 saturated heterocycles. The molecule has 0 aliphatic carbocycles. The van der Waals surface area contributed by atoms with E-state index in [1.54, 1.807) is 0 Å². The Morgan fingerprint density at radius 1 is 1.41 bits per heavy atom. The molecule has 1 N–H and O–H groups in total. The highest BCUT2D eigenvalue weighted by atomic mass is 15.1. The van der Waals surface area contributed by atoms with Crippen molar-refractivity contribution in [3.63, 3.8) is 0 Å². The van der Waals surface area contributed by atoms with E-state index in [0.717, 1.165) is 6.54 Å². The van der Waals surface area contributed by atoms with E-state index in [1.165, 1.54) is 29.8 Å². The number of fused-ring (bicyclic) bond motifs is 1. The third-order valence-corrected chi connectivity index (χ3v) is 3.63. The van der Waals surface area contributed by atoms with Gasteiger partial charge in [0.2, 0.25) is 0 Å². The Morgan fingerprint density at radius 3 is 2.82 bits per heavy atom. The van der Waals surface area contributed by atoms with Gasteiger partial charge in [-0.25, -0.2) is 0 Å². The smallest absolute Gasteiger partial charge is 0.0376 e. The van der Waals surface area contributed by atoms with Gasteiger partial charge in [-0.1, -0.05) is 0 Å². The van der Waals surface area contributed by atoms with Crippen molar-refractivity contribution in [2.75, 3.05) is 16.8 Å². The minimum atomic E-state index is 0.563. The van der Waals surface area contributed by atoms with Crippen molar-refractivity contribution in [3.8, 4) is 0 Å². The van der Waals surface area contributed by atoms with E-state index in [4.69, 9.17) is 0 Å². The van der Waals surface area contributed by atoms with Crippen LogP contribution in [0.4, 0.5) is 11.4 Å². The van der Waals surface area contributed by atoms with Gasteiger partial charge >= 0.3 is 0 Å². The van der Waals surface area contributed by atoms with Gasteiger partial charge < -0.3 is 10.2 Å². The summed E-state index contributed by atoms with van der Waals surface area (Å²) in [5, 5.41) is 3.55. The molecule has 0 saturated carbocycles. The van der Waals surface area contributed by atoms with Crippen LogP contribution in [0.5, 0.6) is 0 Å². The fourth-order valence-electron chi connectivity index (χ4n) is 2.66. The molecule has 1 aromatic carbocycles. The van der Waals surface area contributed by atoms with Crippen LogP contribution >= 0.6 is 0 Å². The minimum absolute atomic E-state index is 0.563. The zero-order chi connectivity index (χ0) is 12.4. The van der Waals surface area contributed by atoms with Gasteiger partial charge in [-0.05, 0) is 64.3 Å². The average Bonchev–Trinajstić information content (AvgIpc) is 2.29. The summed E-state index contributed by atoms with van der Waals surface area (Å²) in [6, 6.07) is 8.02. The zero-order valence-electron chi connectivity index (χ0n) is 11.5. The molecule has 1 heterocycles. The van der Waals surface area contributed by atoms with Crippen molar-refractivity contribution in [1.82, 2.24) is 0 Å². The van der Waals surface area contributed by atoms with Crippen LogP contribution in [0.3, 0.4) is 0 Å². The van der Waals surface area contributed by atoms with Gasteiger partial charge in [-0.3, -0.25) is 0 Å². The molecule has 0 spiro atoms. The van der Waals surface area contributed by atoms with Crippen LogP contribution in [0, 0.1) is 0 Å². The summed E-state index contributed by atoms with van der Waals surface area (Å²) in [4.78, 5) is 2.44. The predicted molar refractivity (Wildman–Crippen MR) is 76.0 cm³/mol. The SMILES string of the molecule is CCN(c1ccc2c(c1)CCC(C)N2)C(C)C. The molecule has 0 fully saturated rings. The second-order valence-corrected chi connectivity index (χ2v) is 5.31. The van der Waals surface area contributed by atoms with E-state index in [0.29, 0.717) is 12.1 Å². The van der Waals surface area contributed by atoms with Gasteiger partial charge in [0.25, 0.3) is 0 Å². The highest BCUT2D eigenvalue weighted by Crippen LogP contribution is 2.29. The Bertz CT molecular complexity index is 385. The minimum Gasteiger partial charge on any atom is -0.382 e. The van der Waals surface area contributed by atoms with Crippen LogP contribution in [-0.2, 0) is 6.42 Å². The summed E-state index contributed by atoms with van der Waals surface area (Å²) in [7, 11) is 0. The number of benzene rings is 1. The largest absolute Gasteiger partial charge is 0.382 e. The van der Waals surface area contributed by atoms with E-state index in [-0.39, 0.29) is 0 Å². The van der Waals surface area contributed by atoms with Crippen LogP contribution in [0.25, 0.3) is 0 Å². The molecule has 1 aliphatic rings. The Labute approximate surface area is 105 Å². The summed E-state index contributed by atoms with van der Waals surface area (Å²) < 4.78 is 0. The molecule has 0 amide bonds. The molecular weight excluding hydrogens is 208 g/mol. The normalized spacial score (nSPS) is 18.8. The van der Waals surface area contributed by atoms with E-state index in [9.17, 15) is 0 Å². The van der Waals surface area contributed by atoms with Gasteiger partial charge in [-0.2, -0.15) is 0 Å². The molecule has 1 aromatic rings. The van der Waals surface area contributed by atoms with E-state index in [1.807, 2.05) is 0 Å². The van der Waals surface area contributed by atoms with Crippen LogP contribution in [-0.4, -0.2) is 18.6 Å². The predicted octanol–water partition coefficient (Wildman–Crippen LogP) is 3.67. The van der Waals surface area contributed by atoms with Crippen molar-refractivity contribution < 1.29 is 0 Å². The molecule has 1 unspecified atom stereocenters. The fraction of sp³-hybridized carbons (Fsp3) is 0.600. The summed E-state index contributed by atoms with van der Waals surface area (Å²) >= 11 is 0. The van der Waals surface area contributed by atoms with Gasteiger partial charge in [0.1, 0.15) is 0 Å². The summed E-state index contributed by atoms with van der Waals surface area (Å²) in [6.07, 6.45) is 2.44. The number of nitrogens with one attached hydrogen (secondary N) is 1. The summed E-state index contributed by atoms with van der Waals surface area (Å²) in [5.41, 5.74) is 4.16. The molecule has 0 aromatic heterocycles. The highest BCUT2D eigenvalue weighted by molar-refractivity contribution is 5.62. The highest BCUT2D eigenvalue weighted by Gasteiger charge is 2.16. The molecule has 0 bridgehead atoms. The molecule has 17 heavy (non-hydrogen) atoms. The molecule has 94 valence electrons. The molecular formula is C15H24N2. The third-order valence-electron chi connectivity index (χ3n) is 3.63. The Balaban J connectivity index is 2.27. The maximum Gasteiger partial charge on any atom is 0.0376 e. The number of hydrogen-bond donors (Lipinski definition) is 1. The number of anilines is 2. The van der Waals surface area contributed by atoms with Crippen molar-refractivity contribution in [2.45, 2.75) is 52.6 Å². The van der Waals surface area contributed by atoms with Crippen molar-refractivity contribution >= 4 is 11.4 Å². The van der Waals surface area contributed by atoms with Gasteiger partial charge in [0.15, 0.2) is 0 Å². The third kappa shape index (κ3) is 2.56. The van der Waals surface area contributed by atoms with E-state index >= 15 is 0 Å². The van der Waals surface area contributed by atoms with E-state index in [2.05, 4.69) is 56.1 Å². The number of aryl methyl sites for hydroxylation is 1. The molecule has 1 aliphatic heterocycles. The first-order valence-electron chi connectivity index (χ1n) is 6.78. The number of hydrogen-bond acceptors (Lipinski definition) is 2. The maximum absolute atomic E-state index is 3.55. The monoisotopic (exact) mass is 232 g/mol. The number of nitrogens with zero attached hydrogens (tertiary/aromatic N) is 1. The van der Waals surface area contributed by atoms with Crippen molar-refractivity contribution in [3.05, 3.63) is 23.8 Å². The van der Waals surface area contributed by atoms with Gasteiger partial charge in [-0.15, -0.1) is 0 Å². The lowest BCUT2D eigenvalue weighted by Crippen LogP contribution is -2.30. The molecule has 1 atom stereocenters. The van der Waals surface area contributed by atoms with Crippen molar-refractivity contribution in [2.24, 2.45) is 0 Å². The fourth-order valence-corrected chi connectivity index (χ4v) is 2.66. The zero-order valence-corrected chi connectivity index (χ0v) is 11.5. The van der Waals surface area contributed by atoms with Gasteiger partial charge in [0.05, 0.1) is 0 Å². The van der Waals surface area contributed by atoms with E-state index < -0.39 is 0 Å². The standard InChI is InChI=1S/C15H24N2/c1-5-17(11(2)3)14-8-9-15-13(10-14)7-6-12(4)16-15/h8-12,16H,5-7H2,1-4H3. The topological polar surface area (TPSA) is 15.3 Å². The molecule has 2 heteroatoms. The van der Waals surface area contributed by atoms with Crippen LogP contribution < -0.4 is 10.2 Å². The summed E-state index contributed by atoms with van der Waals surface area (Å²) in [5.74, 6) is 0. The Hall–Kier alpha value is -1.18. The van der Waals surface area contributed by atoms with Crippen LogP contribution in [0.15, 0.2) is 18.2 Å². The second-order valence-electron chi connectivity index (χ2n) is 5.31. The van der Waals surface area contributed by atoms with Crippen molar-refractivity contribution in [1.29, 1.82) is 0 Å². The second kappa shape index (κ2) is 4.99. The Morgan fingerprint density at radius 2 is 2.18 bits per heavy atom. The van der Waals surface area contributed by atoms with Crippen LogP contribution in [0.2, 0.25) is 0 Å². The summed E-state index contributed by atoms with van der Waals surface area (Å²) in [6.45, 7) is 10.1. The lowest BCUT2D eigenvalue weighted by atomic mass is 9.98. The quantitative estimate of drug-likeness (QED) is 0.855. The molecule has 2 nitrogen and oxygen atoms in total. The van der Waals surface area contributed by atoms with Gasteiger partial charge in [0, 0.05) is 30.0 Å². The maximum atomic E-state index is 3.55. The Kier molecular flexibility index (Phi) is 3.60. The average molecular weight is 232 g/mol. The first-order valence-corrected chi connectivity index (χ1v) is 6.78. The molecule has 0 radical (unpaired) electrons. The number of rotatable bonds is 3. The first kappa shape index (κ1) is 12.3. The first-order chi connectivity index (χ1) is 8.11. The lowest BCUT2D eigenvalue weighted by molar-refractivity contribution is 0.676. The molecule has 2 rings (SSSR count). The lowest BCUT2D eigenvalue weighted by Gasteiger charge is -2.30.